The van der Waals surface area contributed by atoms with Crippen LogP contribution in [0.15, 0.2) is 47.6 Å². The van der Waals surface area contributed by atoms with Gasteiger partial charge in [0.25, 0.3) is 11.7 Å². The normalized spacial score (nSPS) is 39.6. The average Bonchev–Trinajstić information content (AvgIpc) is 3.35. The Morgan fingerprint density at radius 3 is 2.27 bits per heavy atom. The van der Waals surface area contributed by atoms with Gasteiger partial charge in [-0.25, -0.2) is 4.79 Å². The third-order valence-electron chi connectivity index (χ3n) is 16.1. The lowest BCUT2D eigenvalue weighted by Gasteiger charge is -2.43. The summed E-state index contributed by atoms with van der Waals surface area (Å²) in [7, 11) is 2.95. The molecular weight excluding hydrogens is 911 g/mol. The van der Waals surface area contributed by atoms with Crippen LogP contribution in [0.4, 0.5) is 0 Å². The molecule has 0 unspecified atom stereocenters. The number of ether oxygens (including phenoxy) is 6. The molecular formula is C56H87NO14. The van der Waals surface area contributed by atoms with Gasteiger partial charge in [-0.15, -0.1) is 0 Å². The van der Waals surface area contributed by atoms with Crippen molar-refractivity contribution in [2.75, 3.05) is 40.6 Å². The Kier molecular flexibility index (Phi) is 22.9. The van der Waals surface area contributed by atoms with Gasteiger partial charge in [0.1, 0.15) is 30.1 Å². The van der Waals surface area contributed by atoms with Gasteiger partial charge in [-0.05, 0) is 126 Å². The number of esters is 1. The summed E-state index contributed by atoms with van der Waals surface area (Å²) in [5, 5.41) is 34.2. The minimum atomic E-state index is -2.45. The predicted octanol–water partition coefficient (Wildman–Crippen LogP) is 6.98. The van der Waals surface area contributed by atoms with Crippen LogP contribution in [0.3, 0.4) is 0 Å². The molecule has 0 aromatic rings. The summed E-state index contributed by atoms with van der Waals surface area (Å²) >= 11 is 0. The molecule has 15 nitrogen and oxygen atoms in total. The van der Waals surface area contributed by atoms with E-state index in [2.05, 4.69) is 0 Å². The molecule has 0 aromatic heterocycles. The first-order valence-corrected chi connectivity index (χ1v) is 26.6. The number of piperidine rings is 1. The van der Waals surface area contributed by atoms with E-state index in [9.17, 15) is 39.3 Å². The van der Waals surface area contributed by atoms with Crippen molar-refractivity contribution >= 4 is 29.2 Å². The van der Waals surface area contributed by atoms with Crippen LogP contribution in [0.2, 0.25) is 0 Å². The molecule has 400 valence electrons. The van der Waals surface area contributed by atoms with Crippen LogP contribution in [0.1, 0.15) is 138 Å². The Hall–Kier alpha value is -3.41. The number of fused-ring (bicyclic) bond motifs is 3. The Balaban J connectivity index is 1.48. The Morgan fingerprint density at radius 1 is 0.831 bits per heavy atom. The van der Waals surface area contributed by atoms with Gasteiger partial charge < -0.3 is 48.6 Å². The summed E-state index contributed by atoms with van der Waals surface area (Å²) < 4.78 is 36.0. The minimum absolute atomic E-state index is 0.00897. The van der Waals surface area contributed by atoms with E-state index in [1.807, 2.05) is 58.1 Å². The van der Waals surface area contributed by atoms with Gasteiger partial charge in [0.2, 0.25) is 5.79 Å². The third kappa shape index (κ3) is 16.0. The number of carbonyl (C=O) groups excluding carboxylic acids is 5. The first-order valence-electron chi connectivity index (χ1n) is 26.6. The Morgan fingerprint density at radius 2 is 1.56 bits per heavy atom. The van der Waals surface area contributed by atoms with E-state index in [1.54, 1.807) is 34.0 Å². The molecule has 71 heavy (non-hydrogen) atoms. The van der Waals surface area contributed by atoms with Crippen LogP contribution >= 0.6 is 0 Å². The second-order valence-corrected chi connectivity index (χ2v) is 21.7. The smallest absolute Gasteiger partial charge is 0.329 e. The number of aliphatic hydroxyl groups is 3. The maximum atomic E-state index is 14.5. The van der Waals surface area contributed by atoms with Crippen molar-refractivity contribution in [3.8, 4) is 0 Å². The molecule has 5 rings (SSSR count). The molecule has 1 saturated carbocycles. The zero-order chi connectivity index (χ0) is 52.0. The van der Waals surface area contributed by atoms with Crippen molar-refractivity contribution < 1.29 is 67.7 Å². The molecule has 3 N–H and O–H groups in total. The molecule has 4 heterocycles. The van der Waals surface area contributed by atoms with E-state index in [4.69, 9.17) is 28.4 Å². The molecule has 15 heteroatoms. The molecule has 4 fully saturated rings. The molecule has 1 amide bonds. The highest BCUT2D eigenvalue weighted by Crippen LogP contribution is 2.38. The Bertz CT molecular complexity index is 1910. The second kappa shape index (κ2) is 27.8. The standard InChI is InChI=1S/C56H87NO14/c1-34-15-11-10-12-16-35(2)47(69-33-41-22-25-68-26-23-41)31-43-20-18-40(7)56(65,71-43)53(62)54(63)57-24-14-13-17-44(57)55(64)70-48(37(4)29-42-19-21-45(58)49(30-42)66-8)32-46(59)36(3)28-39(6)51(61)52(67-9)50(60)38(5)27-34/h10-12,15-16,28,34,36-38,40-45,47-49,51-52,58,61,65H,13-14,17-27,29-33H2,1-9H3/b12-10+,15-11+,35-16+,39-28+/t34-,36-,37-,38-,40-,42+,43+,44+,45-,47+,48+,49-,51-,52+,56-/m1/s1. The zero-order valence-corrected chi connectivity index (χ0v) is 44.1. The van der Waals surface area contributed by atoms with Crippen molar-refractivity contribution in [1.29, 1.82) is 0 Å². The van der Waals surface area contributed by atoms with E-state index in [0.29, 0.717) is 89.1 Å². The summed E-state index contributed by atoms with van der Waals surface area (Å²) in [4.78, 5) is 72.6. The summed E-state index contributed by atoms with van der Waals surface area (Å²) in [6.45, 7) is 14.7. The number of hydrogen-bond donors (Lipinski definition) is 3. The van der Waals surface area contributed by atoms with Crippen LogP contribution in [-0.2, 0) is 52.4 Å². The van der Waals surface area contributed by atoms with Crippen molar-refractivity contribution in [2.24, 2.45) is 41.4 Å². The molecule has 0 aromatic carbocycles. The third-order valence-corrected chi connectivity index (χ3v) is 16.1. The summed E-state index contributed by atoms with van der Waals surface area (Å²) in [5.74, 6) is -7.70. The molecule has 0 spiro atoms. The first-order chi connectivity index (χ1) is 33.8. The second-order valence-electron chi connectivity index (χ2n) is 21.7. The first kappa shape index (κ1) is 58.5. The predicted molar refractivity (Wildman–Crippen MR) is 268 cm³/mol. The average molecular weight is 998 g/mol. The number of carbonyl (C=O) groups is 5. The van der Waals surface area contributed by atoms with Gasteiger partial charge in [-0.2, -0.15) is 0 Å². The minimum Gasteiger partial charge on any atom is -0.460 e. The van der Waals surface area contributed by atoms with E-state index in [-0.39, 0.29) is 54.8 Å². The maximum Gasteiger partial charge on any atom is 0.329 e. The summed E-state index contributed by atoms with van der Waals surface area (Å²) in [6, 6.07) is -1.15. The van der Waals surface area contributed by atoms with Crippen LogP contribution in [-0.4, -0.2) is 145 Å². The lowest BCUT2D eigenvalue weighted by atomic mass is 9.78. The highest BCUT2D eigenvalue weighted by Gasteiger charge is 2.53. The fourth-order valence-corrected chi connectivity index (χ4v) is 11.2. The number of amides is 1. The highest BCUT2D eigenvalue weighted by atomic mass is 16.6. The molecule has 2 bridgehead atoms. The van der Waals surface area contributed by atoms with Crippen LogP contribution in [0.25, 0.3) is 0 Å². The molecule has 4 aliphatic heterocycles. The number of methoxy groups -OCH3 is 2. The number of aliphatic hydroxyl groups excluding tert-OH is 2. The highest BCUT2D eigenvalue weighted by molar-refractivity contribution is 6.39. The van der Waals surface area contributed by atoms with E-state index >= 15 is 0 Å². The number of hydrogen-bond acceptors (Lipinski definition) is 14. The van der Waals surface area contributed by atoms with Crippen molar-refractivity contribution in [1.82, 2.24) is 4.90 Å². The summed E-state index contributed by atoms with van der Waals surface area (Å²) in [6.07, 6.45) is 13.0. The number of nitrogens with zero attached hydrogens (tertiary/aromatic N) is 1. The van der Waals surface area contributed by atoms with Crippen LogP contribution < -0.4 is 0 Å². The number of ketones is 3. The SMILES string of the molecule is CO[C@@H]1C[C@H](C[C@@H](C)[C@@H]2CC(=O)[C@H](C)/C=C(\C)[C@@H](O)[C@@H](OC)C(=O)[C@H](C)C[C@H](C)/C=C/C=C/C=C(\C)[C@@H](OCC3CCOCC3)C[C@@H]3CC[C@@H](C)[C@@](O)(O3)C(=O)C(=O)N3CCCC[C@H]3C(=O)O2)CC[C@H]1O. The van der Waals surface area contributed by atoms with Gasteiger partial charge >= 0.3 is 5.97 Å². The molecule has 3 saturated heterocycles. The van der Waals surface area contributed by atoms with Gasteiger partial charge in [0.15, 0.2) is 5.78 Å². The fourth-order valence-electron chi connectivity index (χ4n) is 11.2. The quantitative estimate of drug-likeness (QED) is 0.128. The van der Waals surface area contributed by atoms with Gasteiger partial charge in [0, 0.05) is 64.6 Å². The topological polar surface area (TPSA) is 205 Å². The zero-order valence-electron chi connectivity index (χ0n) is 44.1. The lowest BCUT2D eigenvalue weighted by Crippen LogP contribution is -2.61. The molecule has 0 radical (unpaired) electrons. The van der Waals surface area contributed by atoms with E-state index in [1.165, 1.54) is 12.0 Å². The largest absolute Gasteiger partial charge is 0.460 e. The number of Topliss-reactive ketones (excluding diaryl/α,β-unsaturated/α-hetero) is 3. The fraction of sp³-hybridized carbons (Fsp3) is 0.768. The summed E-state index contributed by atoms with van der Waals surface area (Å²) in [5.41, 5.74) is 1.30. The Labute approximate surface area is 423 Å². The number of cyclic esters (lactones) is 1. The van der Waals surface area contributed by atoms with Gasteiger partial charge in [0.05, 0.1) is 31.0 Å². The monoisotopic (exact) mass is 998 g/mol. The lowest BCUT2D eigenvalue weighted by molar-refractivity contribution is -0.266. The van der Waals surface area contributed by atoms with Crippen molar-refractivity contribution in [3.63, 3.8) is 0 Å². The van der Waals surface area contributed by atoms with E-state index in [0.717, 1.165) is 24.8 Å². The van der Waals surface area contributed by atoms with Crippen LogP contribution in [0.5, 0.6) is 0 Å². The molecule has 1 aliphatic carbocycles. The number of rotatable bonds is 8. The van der Waals surface area contributed by atoms with Crippen molar-refractivity contribution in [3.05, 3.63) is 47.6 Å². The van der Waals surface area contributed by atoms with Crippen molar-refractivity contribution in [2.45, 2.75) is 193 Å². The molecule has 5 aliphatic rings. The van der Waals surface area contributed by atoms with Gasteiger partial charge in [-0.3, -0.25) is 19.2 Å². The maximum absolute atomic E-state index is 14.5. The van der Waals surface area contributed by atoms with E-state index < -0.39 is 83.9 Å². The molecule has 15 atom stereocenters. The van der Waals surface area contributed by atoms with Crippen LogP contribution in [0, 0.1) is 41.4 Å². The number of allylic oxidation sites excluding steroid dienone is 6. The van der Waals surface area contributed by atoms with Gasteiger partial charge in [-0.1, -0.05) is 71.1 Å².